The number of carbonyl (C=O) groups is 1. The van der Waals surface area contributed by atoms with E-state index in [0.29, 0.717) is 19.1 Å². The topological polar surface area (TPSA) is 85.2 Å². The molecule has 1 aromatic carbocycles. The number of ether oxygens (including phenoxy) is 2. The molecule has 2 aliphatic rings. The number of hydrogen-bond donors (Lipinski definition) is 0. The number of nitro benzene ring substituents is 1. The normalized spacial score (nSPS) is 18.7. The average molecular weight is 418 g/mol. The number of methoxy groups -OCH3 is 1. The fourth-order valence-corrected chi connectivity index (χ4v) is 4.05. The molecule has 2 heterocycles. The molecule has 1 saturated heterocycles. The van der Waals surface area contributed by atoms with Gasteiger partial charge in [0.25, 0.3) is 0 Å². The van der Waals surface area contributed by atoms with E-state index < -0.39 is 10.5 Å². The van der Waals surface area contributed by atoms with E-state index in [1.165, 1.54) is 18.7 Å². The van der Waals surface area contributed by atoms with Gasteiger partial charge in [-0.1, -0.05) is 6.08 Å². The van der Waals surface area contributed by atoms with Crippen LogP contribution in [0.3, 0.4) is 0 Å². The van der Waals surface area contributed by atoms with E-state index in [2.05, 4.69) is 11.0 Å². The molecule has 0 N–H and O–H groups in total. The predicted octanol–water partition coefficient (Wildman–Crippen LogP) is 4.09. The SMILES string of the molecule is COc1cc(C2=CCN(C3CCN(C(=O)OC(C)(C)C)CC3)CC2)ccc1[N+](=O)[O-]. The highest BCUT2D eigenvalue weighted by atomic mass is 16.6. The molecule has 164 valence electrons. The van der Waals surface area contributed by atoms with E-state index in [0.717, 1.165) is 37.9 Å². The van der Waals surface area contributed by atoms with Gasteiger partial charge in [0, 0.05) is 38.3 Å². The fraction of sp³-hybridized carbons (Fsp3) is 0.591. The lowest BCUT2D eigenvalue weighted by Crippen LogP contribution is -2.48. The molecule has 1 fully saturated rings. The van der Waals surface area contributed by atoms with Crippen molar-refractivity contribution in [2.24, 2.45) is 0 Å². The molecule has 8 heteroatoms. The molecule has 1 aromatic rings. The number of carbonyl (C=O) groups excluding carboxylic acids is 1. The number of hydrogen-bond acceptors (Lipinski definition) is 6. The van der Waals surface area contributed by atoms with Crippen LogP contribution in [0.25, 0.3) is 5.57 Å². The van der Waals surface area contributed by atoms with Crippen LogP contribution in [0.1, 0.15) is 45.6 Å². The van der Waals surface area contributed by atoms with Gasteiger partial charge in [-0.2, -0.15) is 0 Å². The van der Waals surface area contributed by atoms with Crippen LogP contribution in [0.2, 0.25) is 0 Å². The number of amides is 1. The van der Waals surface area contributed by atoms with Crippen molar-refractivity contribution >= 4 is 17.4 Å². The van der Waals surface area contributed by atoms with Crippen molar-refractivity contribution in [3.63, 3.8) is 0 Å². The Morgan fingerprint density at radius 2 is 1.90 bits per heavy atom. The number of likely N-dealkylation sites (tertiary alicyclic amines) is 1. The summed E-state index contributed by atoms with van der Waals surface area (Å²) in [4.78, 5) is 27.2. The molecule has 8 nitrogen and oxygen atoms in total. The van der Waals surface area contributed by atoms with Gasteiger partial charge in [0.2, 0.25) is 0 Å². The van der Waals surface area contributed by atoms with Gasteiger partial charge in [-0.3, -0.25) is 15.0 Å². The second kappa shape index (κ2) is 9.04. The van der Waals surface area contributed by atoms with E-state index in [9.17, 15) is 14.9 Å². The summed E-state index contributed by atoms with van der Waals surface area (Å²) in [5, 5.41) is 11.1. The molecule has 0 aromatic heterocycles. The molecule has 1 amide bonds. The minimum atomic E-state index is -0.470. The number of benzene rings is 1. The third kappa shape index (κ3) is 5.30. The molecule has 0 bridgehead atoms. The Morgan fingerprint density at radius 1 is 1.20 bits per heavy atom. The third-order valence-corrected chi connectivity index (χ3v) is 5.62. The summed E-state index contributed by atoms with van der Waals surface area (Å²) in [6.45, 7) is 8.86. The maximum absolute atomic E-state index is 12.2. The first-order valence-electron chi connectivity index (χ1n) is 10.4. The maximum atomic E-state index is 12.2. The lowest BCUT2D eigenvalue weighted by molar-refractivity contribution is -0.385. The standard InChI is InChI=1S/C22H31N3O5/c1-22(2,3)30-21(26)24-13-9-18(10-14-24)23-11-7-16(8-12-23)17-5-6-19(25(27)28)20(15-17)29-4/h5-7,15,18H,8-14H2,1-4H3. The molecule has 3 rings (SSSR count). The molecule has 2 aliphatic heterocycles. The van der Waals surface area contributed by atoms with E-state index in [1.807, 2.05) is 20.8 Å². The zero-order valence-corrected chi connectivity index (χ0v) is 18.2. The van der Waals surface area contributed by atoms with Crippen molar-refractivity contribution in [1.82, 2.24) is 9.80 Å². The van der Waals surface area contributed by atoms with E-state index in [1.54, 1.807) is 17.0 Å². The quantitative estimate of drug-likeness (QED) is 0.542. The Labute approximate surface area is 177 Å². The Balaban J connectivity index is 1.57. The summed E-state index contributed by atoms with van der Waals surface area (Å²) < 4.78 is 10.7. The highest BCUT2D eigenvalue weighted by Gasteiger charge is 2.30. The van der Waals surface area contributed by atoms with Gasteiger partial charge >= 0.3 is 11.8 Å². The van der Waals surface area contributed by atoms with Gasteiger partial charge in [-0.05, 0) is 63.3 Å². The zero-order chi connectivity index (χ0) is 21.9. The van der Waals surface area contributed by atoms with E-state index in [4.69, 9.17) is 9.47 Å². The van der Waals surface area contributed by atoms with Gasteiger partial charge in [0.15, 0.2) is 5.75 Å². The van der Waals surface area contributed by atoms with Crippen molar-refractivity contribution < 1.29 is 19.2 Å². The average Bonchev–Trinajstić information content (AvgIpc) is 2.72. The van der Waals surface area contributed by atoms with Crippen LogP contribution in [0, 0.1) is 10.1 Å². The number of nitrogens with zero attached hydrogens (tertiary/aromatic N) is 3. The molecule has 0 unspecified atom stereocenters. The summed E-state index contributed by atoms with van der Waals surface area (Å²) in [5.74, 6) is 0.287. The van der Waals surface area contributed by atoms with Crippen molar-refractivity contribution in [2.75, 3.05) is 33.3 Å². The van der Waals surface area contributed by atoms with Crippen LogP contribution in [0.15, 0.2) is 24.3 Å². The van der Waals surface area contributed by atoms with Crippen LogP contribution in [-0.4, -0.2) is 65.7 Å². The predicted molar refractivity (Wildman–Crippen MR) is 115 cm³/mol. The third-order valence-electron chi connectivity index (χ3n) is 5.62. The Kier molecular flexibility index (Phi) is 6.65. The molecule has 0 radical (unpaired) electrons. The molecule has 0 aliphatic carbocycles. The smallest absolute Gasteiger partial charge is 0.410 e. The Bertz CT molecular complexity index is 823. The van der Waals surface area contributed by atoms with Crippen molar-refractivity contribution in [3.05, 3.63) is 40.0 Å². The van der Waals surface area contributed by atoms with Crippen LogP contribution in [0.4, 0.5) is 10.5 Å². The summed E-state index contributed by atoms with van der Waals surface area (Å²) >= 11 is 0. The van der Waals surface area contributed by atoms with Crippen LogP contribution in [-0.2, 0) is 4.74 Å². The Hall–Kier alpha value is -2.61. The monoisotopic (exact) mass is 417 g/mol. The highest BCUT2D eigenvalue weighted by Crippen LogP contribution is 2.33. The summed E-state index contributed by atoms with van der Waals surface area (Å²) in [7, 11) is 1.45. The molecule has 0 saturated carbocycles. The largest absolute Gasteiger partial charge is 0.490 e. The molecule has 0 spiro atoms. The minimum absolute atomic E-state index is 0.0176. The van der Waals surface area contributed by atoms with Crippen molar-refractivity contribution in [1.29, 1.82) is 0 Å². The van der Waals surface area contributed by atoms with Gasteiger partial charge in [-0.15, -0.1) is 0 Å². The molecular formula is C22H31N3O5. The number of piperidine rings is 1. The van der Waals surface area contributed by atoms with Crippen molar-refractivity contribution in [2.45, 2.75) is 51.7 Å². The zero-order valence-electron chi connectivity index (χ0n) is 18.2. The summed E-state index contributed by atoms with van der Waals surface area (Å²) in [5.41, 5.74) is 1.67. The summed E-state index contributed by atoms with van der Waals surface area (Å²) in [6, 6.07) is 5.50. The first kappa shape index (κ1) is 22.1. The van der Waals surface area contributed by atoms with Gasteiger partial charge < -0.3 is 14.4 Å². The Morgan fingerprint density at radius 3 is 2.43 bits per heavy atom. The molecule has 0 atom stereocenters. The van der Waals surface area contributed by atoms with Gasteiger partial charge in [-0.25, -0.2) is 4.79 Å². The first-order chi connectivity index (χ1) is 14.2. The molecular weight excluding hydrogens is 386 g/mol. The lowest BCUT2D eigenvalue weighted by Gasteiger charge is -2.40. The van der Waals surface area contributed by atoms with Gasteiger partial charge in [0.1, 0.15) is 5.60 Å². The summed E-state index contributed by atoms with van der Waals surface area (Å²) in [6.07, 6.45) is 4.73. The minimum Gasteiger partial charge on any atom is -0.490 e. The number of nitro groups is 1. The fourth-order valence-electron chi connectivity index (χ4n) is 4.05. The van der Waals surface area contributed by atoms with Gasteiger partial charge in [0.05, 0.1) is 12.0 Å². The number of rotatable bonds is 4. The van der Waals surface area contributed by atoms with E-state index >= 15 is 0 Å². The van der Waals surface area contributed by atoms with E-state index in [-0.39, 0.29) is 17.5 Å². The molecule has 30 heavy (non-hydrogen) atoms. The first-order valence-corrected chi connectivity index (χ1v) is 10.4. The highest BCUT2D eigenvalue weighted by molar-refractivity contribution is 5.70. The second-order valence-corrected chi connectivity index (χ2v) is 8.82. The lowest BCUT2D eigenvalue weighted by atomic mass is 9.96. The second-order valence-electron chi connectivity index (χ2n) is 8.82. The maximum Gasteiger partial charge on any atom is 0.410 e. The van der Waals surface area contributed by atoms with Crippen LogP contribution in [0.5, 0.6) is 5.75 Å². The van der Waals surface area contributed by atoms with Crippen molar-refractivity contribution in [3.8, 4) is 5.75 Å². The van der Waals surface area contributed by atoms with Crippen LogP contribution < -0.4 is 4.74 Å². The van der Waals surface area contributed by atoms with Crippen LogP contribution >= 0.6 is 0 Å².